The minimum atomic E-state index is -0.596. The molecule has 9 heteroatoms. The van der Waals surface area contributed by atoms with Crippen molar-refractivity contribution in [2.75, 3.05) is 0 Å². The van der Waals surface area contributed by atoms with Gasteiger partial charge in [-0.25, -0.2) is 9.78 Å². The summed E-state index contributed by atoms with van der Waals surface area (Å²) in [6.45, 7) is 0.0427. The molecule has 0 N–H and O–H groups in total. The Morgan fingerprint density at radius 3 is 3.00 bits per heavy atom. The van der Waals surface area contributed by atoms with Crippen LogP contribution in [0.25, 0.3) is 16.9 Å². The van der Waals surface area contributed by atoms with E-state index in [-0.39, 0.29) is 12.4 Å². The SMILES string of the molecule is Cn1cc(-c2cc(C(=O)OCc3cn4cc(Br)ccc4n3)on2)cn1. The summed E-state index contributed by atoms with van der Waals surface area (Å²) in [5.41, 5.74) is 2.69. The molecule has 0 aliphatic carbocycles. The van der Waals surface area contributed by atoms with E-state index in [4.69, 9.17) is 9.26 Å². The van der Waals surface area contributed by atoms with Crippen LogP contribution in [-0.2, 0) is 18.4 Å². The van der Waals surface area contributed by atoms with Crippen molar-refractivity contribution in [2.24, 2.45) is 7.05 Å². The van der Waals surface area contributed by atoms with Crippen LogP contribution in [0.5, 0.6) is 0 Å². The summed E-state index contributed by atoms with van der Waals surface area (Å²) in [5, 5.41) is 7.92. The Labute approximate surface area is 150 Å². The van der Waals surface area contributed by atoms with Crippen molar-refractivity contribution in [3.05, 3.63) is 58.9 Å². The van der Waals surface area contributed by atoms with E-state index < -0.39 is 5.97 Å². The second-order valence-electron chi connectivity index (χ2n) is 5.40. The third-order valence-electron chi connectivity index (χ3n) is 3.53. The number of pyridine rings is 1. The Kier molecular flexibility index (Phi) is 3.85. The van der Waals surface area contributed by atoms with Crippen LogP contribution in [0.3, 0.4) is 0 Å². The molecule has 0 radical (unpaired) electrons. The predicted octanol–water partition coefficient (Wildman–Crippen LogP) is 2.84. The summed E-state index contributed by atoms with van der Waals surface area (Å²) in [6.07, 6.45) is 7.10. The van der Waals surface area contributed by atoms with Crippen molar-refractivity contribution in [3.8, 4) is 11.3 Å². The average molecular weight is 402 g/mol. The summed E-state index contributed by atoms with van der Waals surface area (Å²) in [7, 11) is 1.80. The topological polar surface area (TPSA) is 87.5 Å². The third-order valence-corrected chi connectivity index (χ3v) is 4.00. The number of nitrogens with zero attached hydrogens (tertiary/aromatic N) is 5. The lowest BCUT2D eigenvalue weighted by atomic mass is 10.2. The summed E-state index contributed by atoms with van der Waals surface area (Å²) in [4.78, 5) is 16.5. The molecule has 0 fully saturated rings. The maximum absolute atomic E-state index is 12.1. The highest BCUT2D eigenvalue weighted by atomic mass is 79.9. The van der Waals surface area contributed by atoms with E-state index in [0.29, 0.717) is 11.4 Å². The Hall–Kier alpha value is -2.94. The zero-order valence-electron chi connectivity index (χ0n) is 13.1. The highest BCUT2D eigenvalue weighted by Crippen LogP contribution is 2.19. The van der Waals surface area contributed by atoms with Crippen molar-refractivity contribution in [3.63, 3.8) is 0 Å². The molecule has 126 valence electrons. The largest absolute Gasteiger partial charge is 0.453 e. The van der Waals surface area contributed by atoms with Crippen LogP contribution in [0.2, 0.25) is 0 Å². The summed E-state index contributed by atoms with van der Waals surface area (Å²) >= 11 is 3.40. The molecule has 0 aromatic carbocycles. The van der Waals surface area contributed by atoms with E-state index in [9.17, 15) is 4.79 Å². The van der Waals surface area contributed by atoms with Crippen LogP contribution in [0.4, 0.5) is 0 Å². The van der Waals surface area contributed by atoms with Crippen molar-refractivity contribution in [2.45, 2.75) is 6.61 Å². The molecule has 0 atom stereocenters. The molecule has 8 nitrogen and oxygen atoms in total. The molecule has 0 amide bonds. The summed E-state index contributed by atoms with van der Waals surface area (Å²) in [6, 6.07) is 5.29. The van der Waals surface area contributed by atoms with Gasteiger partial charge in [0.1, 0.15) is 17.9 Å². The number of rotatable bonds is 4. The van der Waals surface area contributed by atoms with E-state index in [1.54, 1.807) is 30.3 Å². The standard InChI is InChI=1S/C16H12BrN5O3/c1-21-6-10(5-18-21)13-4-14(25-20-13)16(23)24-9-12-8-22-7-11(17)2-3-15(22)19-12/h2-8H,9H2,1H3. The Balaban J connectivity index is 1.45. The first-order valence-corrected chi connectivity index (χ1v) is 8.14. The number of fused-ring (bicyclic) bond motifs is 1. The molecule has 4 heterocycles. The van der Waals surface area contributed by atoms with Crippen LogP contribution in [0, 0.1) is 0 Å². The first-order valence-electron chi connectivity index (χ1n) is 7.34. The minimum absolute atomic E-state index is 0.0327. The highest BCUT2D eigenvalue weighted by molar-refractivity contribution is 9.10. The van der Waals surface area contributed by atoms with Crippen LogP contribution < -0.4 is 0 Å². The molecule has 0 saturated heterocycles. The molecular formula is C16H12BrN5O3. The average Bonchev–Trinajstić information content (AvgIpc) is 3.30. The van der Waals surface area contributed by atoms with Crippen molar-refractivity contribution < 1.29 is 14.1 Å². The molecule has 0 saturated carbocycles. The molecule has 0 unspecified atom stereocenters. The van der Waals surface area contributed by atoms with Gasteiger partial charge in [-0.3, -0.25) is 4.68 Å². The van der Waals surface area contributed by atoms with Gasteiger partial charge >= 0.3 is 5.97 Å². The lowest BCUT2D eigenvalue weighted by Gasteiger charge is -1.98. The van der Waals surface area contributed by atoms with Crippen LogP contribution >= 0.6 is 15.9 Å². The second-order valence-corrected chi connectivity index (χ2v) is 6.32. The summed E-state index contributed by atoms with van der Waals surface area (Å²) in [5.74, 6) is -0.564. The van der Waals surface area contributed by atoms with E-state index in [2.05, 4.69) is 31.2 Å². The van der Waals surface area contributed by atoms with Gasteiger partial charge in [-0.15, -0.1) is 0 Å². The van der Waals surface area contributed by atoms with Crippen LogP contribution in [0.1, 0.15) is 16.2 Å². The normalized spacial score (nSPS) is 11.1. The number of aromatic nitrogens is 5. The molecule has 25 heavy (non-hydrogen) atoms. The Morgan fingerprint density at radius 1 is 1.32 bits per heavy atom. The fourth-order valence-corrected chi connectivity index (χ4v) is 2.71. The van der Waals surface area contributed by atoms with Gasteiger partial charge in [0.15, 0.2) is 0 Å². The Morgan fingerprint density at radius 2 is 2.20 bits per heavy atom. The van der Waals surface area contributed by atoms with Gasteiger partial charge in [-0.1, -0.05) is 5.16 Å². The highest BCUT2D eigenvalue weighted by Gasteiger charge is 2.17. The Bertz CT molecular complexity index is 1060. The summed E-state index contributed by atoms with van der Waals surface area (Å²) < 4.78 is 14.7. The number of ether oxygens (including phenoxy) is 1. The number of esters is 1. The molecular weight excluding hydrogens is 390 g/mol. The molecule has 4 rings (SSSR count). The van der Waals surface area contributed by atoms with E-state index in [1.165, 1.54) is 6.07 Å². The van der Waals surface area contributed by atoms with Gasteiger partial charge in [0.2, 0.25) is 5.76 Å². The number of aryl methyl sites for hydroxylation is 1. The number of hydrogen-bond donors (Lipinski definition) is 0. The fraction of sp³-hybridized carbons (Fsp3) is 0.125. The van der Waals surface area contributed by atoms with Crippen LogP contribution in [0.15, 0.2) is 52.0 Å². The molecule has 0 aliphatic rings. The van der Waals surface area contributed by atoms with Gasteiger partial charge in [0.05, 0.1) is 11.9 Å². The maximum atomic E-state index is 12.1. The number of carbonyl (C=O) groups is 1. The monoisotopic (exact) mass is 401 g/mol. The minimum Gasteiger partial charge on any atom is -0.453 e. The number of halogens is 1. The molecule has 0 spiro atoms. The van der Waals surface area contributed by atoms with E-state index in [1.807, 2.05) is 22.7 Å². The second kappa shape index (κ2) is 6.17. The molecule has 4 aromatic rings. The molecule has 4 aromatic heterocycles. The number of imidazole rings is 1. The smallest absolute Gasteiger partial charge is 0.377 e. The maximum Gasteiger partial charge on any atom is 0.377 e. The molecule has 0 bridgehead atoms. The zero-order valence-corrected chi connectivity index (χ0v) is 14.7. The molecule has 0 aliphatic heterocycles. The van der Waals surface area contributed by atoms with E-state index in [0.717, 1.165) is 15.7 Å². The predicted molar refractivity (Wildman–Crippen MR) is 90.7 cm³/mol. The first kappa shape index (κ1) is 15.6. The van der Waals surface area contributed by atoms with Crippen molar-refractivity contribution >= 4 is 27.5 Å². The third kappa shape index (κ3) is 3.18. The van der Waals surface area contributed by atoms with Crippen molar-refractivity contribution in [1.29, 1.82) is 0 Å². The first-order chi connectivity index (χ1) is 12.1. The lowest BCUT2D eigenvalue weighted by molar-refractivity contribution is 0.0421. The van der Waals surface area contributed by atoms with Gasteiger partial charge < -0.3 is 13.7 Å². The zero-order chi connectivity index (χ0) is 17.4. The number of carbonyl (C=O) groups excluding carboxylic acids is 1. The van der Waals surface area contributed by atoms with Crippen molar-refractivity contribution in [1.82, 2.24) is 24.3 Å². The van der Waals surface area contributed by atoms with Crippen LogP contribution in [-0.4, -0.2) is 30.3 Å². The van der Waals surface area contributed by atoms with Gasteiger partial charge in [0, 0.05) is 41.7 Å². The fourth-order valence-electron chi connectivity index (χ4n) is 2.36. The number of hydrogen-bond acceptors (Lipinski definition) is 6. The lowest BCUT2D eigenvalue weighted by Crippen LogP contribution is -2.04. The quantitative estimate of drug-likeness (QED) is 0.488. The van der Waals surface area contributed by atoms with E-state index >= 15 is 0 Å². The van der Waals surface area contributed by atoms with Gasteiger partial charge in [0.25, 0.3) is 0 Å². The van der Waals surface area contributed by atoms with Gasteiger partial charge in [-0.2, -0.15) is 5.10 Å². The van der Waals surface area contributed by atoms with Gasteiger partial charge in [-0.05, 0) is 28.1 Å².